The normalized spacial score (nSPS) is 27.5. The highest BCUT2D eigenvalue weighted by Crippen LogP contribution is 2.78. The first kappa shape index (κ1) is 41.0. The summed E-state index contributed by atoms with van der Waals surface area (Å²) in [6.45, 7) is 15.8. The standard InChI is InChI=1S/C41H48N2O14/c1-36(2,3)40-18-26-39(32(48)55-40,19-27(44)51-26)41(40)28(52-29(45)24-14-10-22(11-15-24)20-42-34(49)56-37(4,5)6)31(47)54-33(41)53-30(46)25-16-12-23(13-17-25)21-43-35(50)57-38(7,8)9/h10-17,26,28,33H,18-21H2,1-9H3,(H,42,49)(H,43,50)/t26-,28-,33+,39-,40?,41+/m0/s1. The van der Waals surface area contributed by atoms with Crippen LogP contribution in [0, 0.1) is 16.2 Å². The molecule has 3 heterocycles. The van der Waals surface area contributed by atoms with Crippen LogP contribution in [0.4, 0.5) is 9.59 Å². The van der Waals surface area contributed by atoms with Crippen molar-refractivity contribution in [2.75, 3.05) is 0 Å². The van der Waals surface area contributed by atoms with Crippen molar-refractivity contribution in [3.63, 3.8) is 0 Å². The van der Waals surface area contributed by atoms with Crippen LogP contribution in [-0.2, 0) is 60.6 Å². The number of ether oxygens (including phenoxy) is 7. The van der Waals surface area contributed by atoms with Crippen molar-refractivity contribution in [3.8, 4) is 0 Å². The molecule has 6 rings (SSSR count). The fraction of sp³-hybridized carbons (Fsp3) is 0.537. The Morgan fingerprint density at radius 2 is 1.18 bits per heavy atom. The van der Waals surface area contributed by atoms with E-state index in [0.29, 0.717) is 11.1 Å². The molecule has 2 bridgehead atoms. The molecule has 0 radical (unpaired) electrons. The predicted octanol–water partition coefficient (Wildman–Crippen LogP) is 5.04. The third-order valence-electron chi connectivity index (χ3n) is 10.7. The number of hydrogen-bond acceptors (Lipinski definition) is 14. The molecule has 1 unspecified atom stereocenters. The lowest BCUT2D eigenvalue weighted by atomic mass is 9.53. The van der Waals surface area contributed by atoms with Crippen molar-refractivity contribution in [2.45, 2.75) is 124 Å². The minimum atomic E-state index is -2.08. The zero-order chi connectivity index (χ0) is 41.9. The van der Waals surface area contributed by atoms with Crippen LogP contribution in [0.2, 0.25) is 0 Å². The number of carbonyl (C=O) groups is 7. The average molecular weight is 793 g/mol. The van der Waals surface area contributed by atoms with Gasteiger partial charge in [-0.25, -0.2) is 24.0 Å². The van der Waals surface area contributed by atoms with Crippen LogP contribution in [0.3, 0.4) is 0 Å². The first-order chi connectivity index (χ1) is 26.4. The highest BCUT2D eigenvalue weighted by molar-refractivity contribution is 5.98. The number of esters is 5. The maximum atomic E-state index is 14.2. The summed E-state index contributed by atoms with van der Waals surface area (Å²) >= 11 is 0. The minimum Gasteiger partial charge on any atom is -0.461 e. The number of benzene rings is 2. The minimum absolute atomic E-state index is 0.0101. The van der Waals surface area contributed by atoms with E-state index in [4.69, 9.17) is 33.2 Å². The summed E-state index contributed by atoms with van der Waals surface area (Å²) < 4.78 is 40.2. The lowest BCUT2D eigenvalue weighted by molar-refractivity contribution is -0.220. The van der Waals surface area contributed by atoms with E-state index >= 15 is 0 Å². The third-order valence-corrected chi connectivity index (χ3v) is 10.7. The number of rotatable bonds is 8. The molecule has 1 saturated carbocycles. The van der Waals surface area contributed by atoms with Crippen molar-refractivity contribution in [3.05, 3.63) is 70.8 Å². The van der Waals surface area contributed by atoms with Crippen molar-refractivity contribution in [1.82, 2.24) is 10.6 Å². The van der Waals surface area contributed by atoms with Crippen LogP contribution in [-0.4, -0.2) is 77.3 Å². The van der Waals surface area contributed by atoms with Crippen LogP contribution < -0.4 is 10.6 Å². The lowest BCUT2D eigenvalue weighted by Gasteiger charge is -2.49. The Labute approximate surface area is 329 Å². The summed E-state index contributed by atoms with van der Waals surface area (Å²) in [5, 5.41) is 5.27. The summed E-state index contributed by atoms with van der Waals surface area (Å²) in [5.41, 5.74) is -6.86. The van der Waals surface area contributed by atoms with Gasteiger partial charge >= 0.3 is 42.0 Å². The van der Waals surface area contributed by atoms with E-state index in [-0.39, 0.29) is 30.6 Å². The summed E-state index contributed by atoms with van der Waals surface area (Å²) in [7, 11) is 0. The van der Waals surface area contributed by atoms with Crippen LogP contribution >= 0.6 is 0 Å². The molecule has 4 aliphatic rings. The number of cyclic esters (lactones) is 1. The van der Waals surface area contributed by atoms with E-state index < -0.39 is 100.0 Å². The fourth-order valence-electron chi connectivity index (χ4n) is 8.40. The number of nitrogens with one attached hydrogen (secondary N) is 2. The molecule has 3 saturated heterocycles. The van der Waals surface area contributed by atoms with Gasteiger partial charge in [-0.15, -0.1) is 0 Å². The molecular formula is C41H48N2O14. The van der Waals surface area contributed by atoms with Gasteiger partial charge in [0.2, 0.25) is 6.10 Å². The van der Waals surface area contributed by atoms with E-state index in [2.05, 4.69) is 10.6 Å². The summed E-state index contributed by atoms with van der Waals surface area (Å²) in [5.74, 6) is -4.67. The highest BCUT2D eigenvalue weighted by atomic mass is 16.7. The Morgan fingerprint density at radius 3 is 1.63 bits per heavy atom. The van der Waals surface area contributed by atoms with Crippen molar-refractivity contribution >= 4 is 42.0 Å². The predicted molar refractivity (Wildman–Crippen MR) is 196 cm³/mol. The fourth-order valence-corrected chi connectivity index (χ4v) is 8.40. The van der Waals surface area contributed by atoms with E-state index in [9.17, 15) is 33.6 Å². The topological polar surface area (TPSA) is 208 Å². The molecule has 2 amide bonds. The van der Waals surface area contributed by atoms with Crippen LogP contribution in [0.15, 0.2) is 48.5 Å². The average Bonchev–Trinajstić information content (AvgIpc) is 3.73. The molecule has 306 valence electrons. The molecule has 2 aromatic carbocycles. The van der Waals surface area contributed by atoms with E-state index in [0.717, 1.165) is 0 Å². The summed E-state index contributed by atoms with van der Waals surface area (Å²) in [6.07, 6.45) is -6.79. The largest absolute Gasteiger partial charge is 0.461 e. The van der Waals surface area contributed by atoms with E-state index in [1.165, 1.54) is 24.3 Å². The maximum Gasteiger partial charge on any atom is 0.407 e. The Kier molecular flexibility index (Phi) is 10.1. The zero-order valence-electron chi connectivity index (χ0n) is 33.4. The van der Waals surface area contributed by atoms with Gasteiger partial charge in [-0.05, 0) is 76.9 Å². The maximum absolute atomic E-state index is 14.2. The summed E-state index contributed by atoms with van der Waals surface area (Å²) in [6, 6.07) is 12.0. The molecule has 2 spiro atoms. The van der Waals surface area contributed by atoms with Gasteiger partial charge in [0.1, 0.15) is 28.3 Å². The van der Waals surface area contributed by atoms with E-state index in [1.54, 1.807) is 86.6 Å². The van der Waals surface area contributed by atoms with Gasteiger partial charge in [-0.1, -0.05) is 45.0 Å². The van der Waals surface area contributed by atoms with Gasteiger partial charge in [-0.2, -0.15) is 0 Å². The zero-order valence-corrected chi connectivity index (χ0v) is 33.4. The highest BCUT2D eigenvalue weighted by Gasteiger charge is 2.96. The second-order valence-corrected chi connectivity index (χ2v) is 17.7. The van der Waals surface area contributed by atoms with Crippen molar-refractivity contribution in [1.29, 1.82) is 0 Å². The Balaban J connectivity index is 1.30. The molecule has 2 N–H and O–H groups in total. The second kappa shape index (κ2) is 14.1. The smallest absolute Gasteiger partial charge is 0.407 e. The first-order valence-corrected chi connectivity index (χ1v) is 18.6. The number of alkyl carbamates (subject to hydrolysis) is 2. The van der Waals surface area contributed by atoms with Gasteiger partial charge in [0.25, 0.3) is 6.29 Å². The monoisotopic (exact) mass is 792 g/mol. The Hall–Kier alpha value is -5.67. The quantitative estimate of drug-likeness (QED) is 0.266. The molecule has 16 nitrogen and oxygen atoms in total. The van der Waals surface area contributed by atoms with E-state index in [1.807, 2.05) is 0 Å². The van der Waals surface area contributed by atoms with Crippen LogP contribution in [0.25, 0.3) is 0 Å². The summed E-state index contributed by atoms with van der Waals surface area (Å²) in [4.78, 5) is 93.3. The van der Waals surface area contributed by atoms with Crippen molar-refractivity contribution in [2.24, 2.45) is 16.2 Å². The van der Waals surface area contributed by atoms with Gasteiger partial charge in [0.05, 0.1) is 17.5 Å². The SMILES string of the molecule is CC(C)(C)OC(=O)NCc1ccc(C(=O)O[C@@H]2OC(=O)[C@H](OC(=O)c3ccc(CNC(=O)OC(C)(C)C)cc3)[C@@]23C2(C(C)(C)C)C[C@@H]4OC(=O)C[C@@]43C(=O)O2)cc1. The number of amides is 2. The molecule has 57 heavy (non-hydrogen) atoms. The Bertz CT molecular complexity index is 1990. The first-order valence-electron chi connectivity index (χ1n) is 18.6. The van der Waals surface area contributed by atoms with Crippen LogP contribution in [0.1, 0.15) is 107 Å². The molecule has 4 fully saturated rings. The second-order valence-electron chi connectivity index (χ2n) is 17.7. The molecule has 3 aliphatic heterocycles. The molecule has 6 atom stereocenters. The van der Waals surface area contributed by atoms with Gasteiger partial charge < -0.3 is 43.8 Å². The van der Waals surface area contributed by atoms with Gasteiger partial charge in [0.15, 0.2) is 5.41 Å². The molecule has 16 heteroatoms. The lowest BCUT2D eigenvalue weighted by Crippen LogP contribution is -2.64. The third kappa shape index (κ3) is 7.14. The van der Waals surface area contributed by atoms with Gasteiger partial charge in [-0.3, -0.25) is 9.59 Å². The van der Waals surface area contributed by atoms with Crippen LogP contribution in [0.5, 0.6) is 0 Å². The molecular weight excluding hydrogens is 744 g/mol. The van der Waals surface area contributed by atoms with Crippen molar-refractivity contribution < 1.29 is 66.7 Å². The Morgan fingerprint density at radius 1 is 0.702 bits per heavy atom. The number of hydrogen-bond donors (Lipinski definition) is 2. The molecule has 1 aliphatic carbocycles. The molecule has 0 aromatic heterocycles. The number of carbonyl (C=O) groups excluding carboxylic acids is 7. The molecule has 2 aromatic rings. The van der Waals surface area contributed by atoms with Gasteiger partial charge in [0, 0.05) is 24.9 Å².